The van der Waals surface area contributed by atoms with E-state index >= 15 is 0 Å². The van der Waals surface area contributed by atoms with E-state index in [-0.39, 0.29) is 0 Å². The van der Waals surface area contributed by atoms with Crippen LogP contribution in [0.2, 0.25) is 0 Å². The summed E-state index contributed by atoms with van der Waals surface area (Å²) in [7, 11) is 0. The van der Waals surface area contributed by atoms with Gasteiger partial charge in [-0.2, -0.15) is 0 Å². The Kier molecular flexibility index (Phi) is 2.99. The maximum Gasteiger partial charge on any atom is 0.0980 e. The fourth-order valence-corrected chi connectivity index (χ4v) is 1.50. The average molecular weight is 172 g/mol. The minimum atomic E-state index is -0.482. The van der Waals surface area contributed by atoms with Crippen molar-refractivity contribution in [2.24, 2.45) is 5.73 Å². The molecule has 0 bridgehead atoms. The average Bonchev–Trinajstić information content (AvgIpc) is 2.36. The van der Waals surface area contributed by atoms with Crippen molar-refractivity contribution in [2.75, 3.05) is 6.54 Å². The van der Waals surface area contributed by atoms with Crippen LogP contribution in [0.3, 0.4) is 0 Å². The number of aryl methyl sites for hydroxylation is 1. The lowest BCUT2D eigenvalue weighted by atomic mass is 10.2. The molecule has 1 aromatic rings. The van der Waals surface area contributed by atoms with Crippen molar-refractivity contribution < 1.29 is 5.11 Å². The van der Waals surface area contributed by atoms with Gasteiger partial charge in [-0.1, -0.05) is 0 Å². The van der Waals surface area contributed by atoms with Crippen LogP contribution in [0.5, 0.6) is 0 Å². The summed E-state index contributed by atoms with van der Waals surface area (Å²) >= 11 is 1.55. The second-order valence-corrected chi connectivity index (χ2v) is 3.45. The highest BCUT2D eigenvalue weighted by atomic mass is 32.1. The van der Waals surface area contributed by atoms with Gasteiger partial charge in [-0.05, 0) is 19.9 Å². The summed E-state index contributed by atoms with van der Waals surface area (Å²) in [6, 6.07) is 0. The molecule has 1 atom stereocenters. The smallest absolute Gasteiger partial charge is 0.0980 e. The zero-order valence-electron chi connectivity index (χ0n) is 6.45. The summed E-state index contributed by atoms with van der Waals surface area (Å²) < 4.78 is 0. The summed E-state index contributed by atoms with van der Waals surface area (Å²) in [5.74, 6) is 0. The van der Waals surface area contributed by atoms with E-state index in [0.717, 1.165) is 10.7 Å². The van der Waals surface area contributed by atoms with E-state index in [2.05, 4.69) is 4.98 Å². The maximum absolute atomic E-state index is 9.40. The van der Waals surface area contributed by atoms with Crippen molar-refractivity contribution in [2.45, 2.75) is 19.4 Å². The van der Waals surface area contributed by atoms with E-state index in [1.54, 1.807) is 11.3 Å². The van der Waals surface area contributed by atoms with Crippen molar-refractivity contribution in [3.05, 3.63) is 16.1 Å². The molecule has 1 aromatic heterocycles. The number of rotatable bonds is 3. The van der Waals surface area contributed by atoms with E-state index < -0.39 is 6.10 Å². The minimum Gasteiger partial charge on any atom is -0.387 e. The Hall–Kier alpha value is -0.450. The number of hydrogen-bond acceptors (Lipinski definition) is 4. The highest BCUT2D eigenvalue weighted by molar-refractivity contribution is 7.09. The zero-order valence-corrected chi connectivity index (χ0v) is 7.27. The highest BCUT2D eigenvalue weighted by Gasteiger charge is 2.08. The van der Waals surface area contributed by atoms with Crippen LogP contribution in [0.15, 0.2) is 5.38 Å². The van der Waals surface area contributed by atoms with E-state index in [4.69, 9.17) is 5.73 Å². The largest absolute Gasteiger partial charge is 0.387 e. The Balaban J connectivity index is 2.60. The summed E-state index contributed by atoms with van der Waals surface area (Å²) in [6.07, 6.45) is 0.105. The zero-order chi connectivity index (χ0) is 8.27. The lowest BCUT2D eigenvalue weighted by molar-refractivity contribution is 0.166. The van der Waals surface area contributed by atoms with Crippen molar-refractivity contribution >= 4 is 11.3 Å². The first-order chi connectivity index (χ1) is 5.24. The number of aromatic nitrogens is 1. The Morgan fingerprint density at radius 1 is 1.82 bits per heavy atom. The molecular weight excluding hydrogens is 160 g/mol. The molecule has 0 spiro atoms. The first-order valence-corrected chi connectivity index (χ1v) is 4.42. The molecule has 0 radical (unpaired) electrons. The van der Waals surface area contributed by atoms with Gasteiger partial charge in [-0.15, -0.1) is 11.3 Å². The molecule has 3 nitrogen and oxygen atoms in total. The van der Waals surface area contributed by atoms with Gasteiger partial charge in [0.1, 0.15) is 0 Å². The molecule has 62 valence electrons. The van der Waals surface area contributed by atoms with Crippen LogP contribution in [0.4, 0.5) is 0 Å². The fraction of sp³-hybridized carbons (Fsp3) is 0.571. The van der Waals surface area contributed by atoms with Gasteiger partial charge in [-0.3, -0.25) is 0 Å². The third kappa shape index (κ3) is 2.25. The second-order valence-electron chi connectivity index (χ2n) is 2.38. The van der Waals surface area contributed by atoms with Gasteiger partial charge in [0.05, 0.1) is 16.8 Å². The molecule has 4 heteroatoms. The molecule has 0 aromatic carbocycles. The van der Waals surface area contributed by atoms with Gasteiger partial charge in [0.25, 0.3) is 0 Å². The Labute approximate surface area is 69.9 Å². The predicted octanol–water partition coefficient (Wildman–Crippen LogP) is 0.834. The van der Waals surface area contributed by atoms with Crippen LogP contribution in [0, 0.1) is 6.92 Å². The lowest BCUT2D eigenvalue weighted by Crippen LogP contribution is -2.06. The fourth-order valence-electron chi connectivity index (χ4n) is 0.839. The van der Waals surface area contributed by atoms with Crippen LogP contribution >= 0.6 is 11.3 Å². The maximum atomic E-state index is 9.40. The second kappa shape index (κ2) is 3.80. The van der Waals surface area contributed by atoms with Crippen LogP contribution in [-0.2, 0) is 0 Å². The van der Waals surface area contributed by atoms with Crippen molar-refractivity contribution in [3.8, 4) is 0 Å². The first-order valence-electron chi connectivity index (χ1n) is 3.54. The van der Waals surface area contributed by atoms with E-state index in [9.17, 15) is 5.11 Å². The van der Waals surface area contributed by atoms with Gasteiger partial charge in [0.2, 0.25) is 0 Å². The molecule has 0 amide bonds. The number of hydrogen-bond donors (Lipinski definition) is 2. The standard InChI is InChI=1S/C7H12N2OS/c1-5-9-6(4-11-5)7(10)2-3-8/h4,7,10H,2-3,8H2,1H3. The number of nitrogens with two attached hydrogens (primary N) is 1. The van der Waals surface area contributed by atoms with Crippen molar-refractivity contribution in [1.29, 1.82) is 0 Å². The Bertz CT molecular complexity index is 224. The third-order valence-electron chi connectivity index (χ3n) is 1.42. The van der Waals surface area contributed by atoms with E-state index in [1.807, 2.05) is 12.3 Å². The molecule has 1 unspecified atom stereocenters. The predicted molar refractivity (Wildman–Crippen MR) is 45.5 cm³/mol. The normalized spacial score (nSPS) is 13.4. The molecule has 0 saturated heterocycles. The van der Waals surface area contributed by atoms with Gasteiger partial charge in [-0.25, -0.2) is 4.98 Å². The highest BCUT2D eigenvalue weighted by Crippen LogP contribution is 2.17. The number of nitrogens with zero attached hydrogens (tertiary/aromatic N) is 1. The van der Waals surface area contributed by atoms with Gasteiger partial charge in [0, 0.05) is 5.38 Å². The SMILES string of the molecule is Cc1nc(C(O)CCN)cs1. The molecule has 1 heterocycles. The number of aliphatic hydroxyl groups excluding tert-OH is 1. The third-order valence-corrected chi connectivity index (χ3v) is 2.21. The molecule has 0 aliphatic heterocycles. The summed E-state index contributed by atoms with van der Waals surface area (Å²) in [5.41, 5.74) is 6.04. The summed E-state index contributed by atoms with van der Waals surface area (Å²) in [5, 5.41) is 12.3. The Morgan fingerprint density at radius 2 is 2.55 bits per heavy atom. The molecule has 11 heavy (non-hydrogen) atoms. The molecule has 0 saturated carbocycles. The van der Waals surface area contributed by atoms with E-state index in [1.165, 1.54) is 0 Å². The van der Waals surface area contributed by atoms with Crippen molar-refractivity contribution in [1.82, 2.24) is 4.98 Å². The monoisotopic (exact) mass is 172 g/mol. The minimum absolute atomic E-state index is 0.482. The van der Waals surface area contributed by atoms with Crippen LogP contribution < -0.4 is 5.73 Å². The van der Waals surface area contributed by atoms with E-state index in [0.29, 0.717) is 13.0 Å². The van der Waals surface area contributed by atoms with Crippen LogP contribution in [0.25, 0.3) is 0 Å². The summed E-state index contributed by atoms with van der Waals surface area (Å²) in [6.45, 7) is 2.42. The van der Waals surface area contributed by atoms with Gasteiger partial charge < -0.3 is 10.8 Å². The number of aliphatic hydroxyl groups is 1. The van der Waals surface area contributed by atoms with Crippen molar-refractivity contribution in [3.63, 3.8) is 0 Å². The topological polar surface area (TPSA) is 59.1 Å². The molecule has 0 aliphatic rings. The molecule has 0 aliphatic carbocycles. The summed E-state index contributed by atoms with van der Waals surface area (Å²) in [4.78, 5) is 4.14. The van der Waals surface area contributed by atoms with Gasteiger partial charge >= 0.3 is 0 Å². The molecule has 0 fully saturated rings. The Morgan fingerprint density at radius 3 is 3.00 bits per heavy atom. The molecule has 3 N–H and O–H groups in total. The molecular formula is C7H12N2OS. The van der Waals surface area contributed by atoms with Crippen LogP contribution in [0.1, 0.15) is 23.2 Å². The first kappa shape index (κ1) is 8.64. The lowest BCUT2D eigenvalue weighted by Gasteiger charge is -2.03. The quantitative estimate of drug-likeness (QED) is 0.710. The number of thiazole rings is 1. The van der Waals surface area contributed by atoms with Gasteiger partial charge in [0.15, 0.2) is 0 Å². The van der Waals surface area contributed by atoms with Crippen LogP contribution in [-0.4, -0.2) is 16.6 Å². The molecule has 1 rings (SSSR count).